The summed E-state index contributed by atoms with van der Waals surface area (Å²) in [7, 11) is -9.88. The summed E-state index contributed by atoms with van der Waals surface area (Å²) >= 11 is 0. The largest absolute Gasteiger partial charge is 0.472 e. The van der Waals surface area contributed by atoms with E-state index in [-0.39, 0.29) is 25.7 Å². The van der Waals surface area contributed by atoms with Crippen LogP contribution >= 0.6 is 15.6 Å². The lowest BCUT2D eigenvalue weighted by Crippen LogP contribution is -2.30. The van der Waals surface area contributed by atoms with Crippen molar-refractivity contribution in [3.05, 3.63) is 0 Å². The van der Waals surface area contributed by atoms with Crippen molar-refractivity contribution in [1.82, 2.24) is 0 Å². The molecule has 3 N–H and O–H groups in total. The molecule has 0 fully saturated rings. The van der Waals surface area contributed by atoms with Gasteiger partial charge in [0.05, 0.1) is 26.4 Å². The number of carbonyl (C=O) groups is 4. The third kappa shape index (κ3) is 62.6. The van der Waals surface area contributed by atoms with Crippen molar-refractivity contribution in [2.75, 3.05) is 39.6 Å². The highest BCUT2D eigenvalue weighted by Crippen LogP contribution is 2.45. The molecule has 0 heterocycles. The summed E-state index contributed by atoms with van der Waals surface area (Å²) in [5.74, 6) is -1.31. The van der Waals surface area contributed by atoms with Crippen LogP contribution in [0.3, 0.4) is 0 Å². The van der Waals surface area contributed by atoms with Crippen LogP contribution in [0.5, 0.6) is 0 Å². The number of phosphoric ester groups is 2. The second-order valence-corrected chi connectivity index (χ2v) is 27.9. The van der Waals surface area contributed by atoms with Crippen LogP contribution in [0.25, 0.3) is 0 Å². The minimum Gasteiger partial charge on any atom is -0.462 e. The summed E-state index contributed by atoms with van der Waals surface area (Å²) in [5.41, 5.74) is 0. The van der Waals surface area contributed by atoms with E-state index in [1.54, 1.807) is 0 Å². The summed E-state index contributed by atoms with van der Waals surface area (Å²) in [5, 5.41) is 10.5. The lowest BCUT2D eigenvalue weighted by molar-refractivity contribution is -0.161. The van der Waals surface area contributed by atoms with E-state index in [2.05, 4.69) is 34.6 Å². The predicted molar refractivity (Wildman–Crippen MR) is 349 cm³/mol. The van der Waals surface area contributed by atoms with Gasteiger partial charge in [0.2, 0.25) is 0 Å². The number of aliphatic hydroxyl groups is 1. The molecule has 17 nitrogen and oxygen atoms in total. The van der Waals surface area contributed by atoms with Gasteiger partial charge in [-0.2, -0.15) is 0 Å². The highest BCUT2D eigenvalue weighted by atomic mass is 31.2. The number of rotatable bonds is 68. The normalized spacial score (nSPS) is 14.1. The fraction of sp³-hybridized carbons (Fsp3) is 0.941. The highest BCUT2D eigenvalue weighted by molar-refractivity contribution is 7.47. The zero-order valence-corrected chi connectivity index (χ0v) is 57.9. The van der Waals surface area contributed by atoms with E-state index in [1.165, 1.54) is 154 Å². The Hall–Kier alpha value is -1.94. The Morgan fingerprint density at radius 1 is 0.310 bits per heavy atom. The van der Waals surface area contributed by atoms with E-state index in [0.29, 0.717) is 25.7 Å². The fourth-order valence-electron chi connectivity index (χ4n) is 10.3. The number of ether oxygens (including phenoxy) is 4. The molecule has 0 radical (unpaired) electrons. The average molecular weight is 1280 g/mol. The maximum absolute atomic E-state index is 13.0. The first-order valence-corrected chi connectivity index (χ1v) is 38.6. The quantitative estimate of drug-likeness (QED) is 0.0222. The van der Waals surface area contributed by atoms with Gasteiger partial charge in [-0.15, -0.1) is 0 Å². The molecule has 0 spiro atoms. The minimum absolute atomic E-state index is 0.105. The van der Waals surface area contributed by atoms with Gasteiger partial charge in [0.1, 0.15) is 19.3 Å². The number of phosphoric acid groups is 2. The molecule has 19 heteroatoms. The first-order valence-electron chi connectivity index (χ1n) is 35.6. The van der Waals surface area contributed by atoms with Crippen LogP contribution in [0.2, 0.25) is 0 Å². The third-order valence-electron chi connectivity index (χ3n) is 15.8. The van der Waals surface area contributed by atoms with Crippen LogP contribution in [-0.4, -0.2) is 96.7 Å². The average Bonchev–Trinajstić information content (AvgIpc) is 3.68. The Morgan fingerprint density at radius 2 is 0.529 bits per heavy atom. The maximum atomic E-state index is 13.0. The van der Waals surface area contributed by atoms with Gasteiger partial charge in [-0.25, -0.2) is 9.13 Å². The van der Waals surface area contributed by atoms with Crippen LogP contribution in [0.15, 0.2) is 0 Å². The van der Waals surface area contributed by atoms with E-state index < -0.39 is 97.5 Å². The molecule has 2 unspecified atom stereocenters. The molecule has 0 aromatic heterocycles. The Bertz CT molecular complexity index is 1690. The summed E-state index contributed by atoms with van der Waals surface area (Å²) < 4.78 is 68.0. The molecular weight excluding hydrogens is 1150 g/mol. The number of esters is 4. The van der Waals surface area contributed by atoms with Crippen molar-refractivity contribution in [3.8, 4) is 0 Å². The molecule has 0 aromatic carbocycles. The van der Waals surface area contributed by atoms with Crippen LogP contribution in [0, 0.1) is 5.92 Å². The van der Waals surface area contributed by atoms with Gasteiger partial charge in [0.25, 0.3) is 0 Å². The van der Waals surface area contributed by atoms with Gasteiger partial charge < -0.3 is 33.8 Å². The second kappa shape index (κ2) is 61.6. The Kier molecular flexibility index (Phi) is 60.2. The monoisotopic (exact) mass is 1280 g/mol. The van der Waals surface area contributed by atoms with E-state index in [9.17, 15) is 43.2 Å². The summed E-state index contributed by atoms with van der Waals surface area (Å²) in [6.07, 6.45) is 47.5. The van der Waals surface area contributed by atoms with Gasteiger partial charge in [0, 0.05) is 25.7 Å². The van der Waals surface area contributed by atoms with E-state index >= 15 is 0 Å². The minimum atomic E-state index is -4.95. The zero-order chi connectivity index (χ0) is 64.2. The first-order chi connectivity index (χ1) is 42.0. The van der Waals surface area contributed by atoms with Gasteiger partial charge in [-0.05, 0) is 31.6 Å². The summed E-state index contributed by atoms with van der Waals surface area (Å²) in [6.45, 7) is 7.19. The molecule has 0 aliphatic heterocycles. The molecule has 0 aromatic rings. The molecule has 0 bridgehead atoms. The molecule has 0 amide bonds. The molecule has 0 saturated heterocycles. The molecule has 87 heavy (non-hydrogen) atoms. The molecule has 0 saturated carbocycles. The third-order valence-corrected chi connectivity index (χ3v) is 17.7. The number of hydrogen-bond acceptors (Lipinski definition) is 15. The van der Waals surface area contributed by atoms with Crippen LogP contribution in [0.1, 0.15) is 349 Å². The van der Waals surface area contributed by atoms with E-state index in [1.807, 2.05) is 0 Å². The van der Waals surface area contributed by atoms with E-state index in [4.69, 9.17) is 37.0 Å². The first kappa shape index (κ1) is 85.1. The summed E-state index contributed by atoms with van der Waals surface area (Å²) in [4.78, 5) is 72.1. The Labute approximate surface area is 530 Å². The lowest BCUT2D eigenvalue weighted by Gasteiger charge is -2.21. The number of aliphatic hydroxyl groups excluding tert-OH is 1. The second-order valence-electron chi connectivity index (χ2n) is 25.0. The predicted octanol–water partition coefficient (Wildman–Crippen LogP) is 19.4. The van der Waals surface area contributed by atoms with Gasteiger partial charge in [0.15, 0.2) is 12.2 Å². The Morgan fingerprint density at radius 3 is 0.782 bits per heavy atom. The topological polar surface area (TPSA) is 237 Å². The van der Waals surface area contributed by atoms with Crippen LogP contribution < -0.4 is 0 Å². The number of hydrogen-bond donors (Lipinski definition) is 3. The zero-order valence-electron chi connectivity index (χ0n) is 56.2. The van der Waals surface area contributed by atoms with Crippen molar-refractivity contribution in [1.29, 1.82) is 0 Å². The van der Waals surface area contributed by atoms with E-state index in [0.717, 1.165) is 115 Å². The molecule has 5 atom stereocenters. The van der Waals surface area contributed by atoms with Crippen LogP contribution in [0.4, 0.5) is 0 Å². The van der Waals surface area contributed by atoms with Gasteiger partial charge in [-0.3, -0.25) is 37.3 Å². The standard InChI is InChI=1S/C68H132O17P2/c1-6-9-12-15-18-20-29-33-38-42-47-52-66(71)79-58-64(85-68(73)54-49-44-39-34-31-28-26-24-22-21-23-25-27-30-32-36-40-45-50-61(4)5)60-83-87(76,77)81-56-62(69)55-80-86(74,75)82-59-63(57-78-65(70)51-46-41-35-17-14-11-8-3)84-67(72)53-48-43-37-19-16-13-10-7-2/h61-64,69H,6-60H2,1-5H3,(H,74,75)(H,76,77)/t62-,63+,64+/m0/s1. The smallest absolute Gasteiger partial charge is 0.462 e. The lowest BCUT2D eigenvalue weighted by atomic mass is 10.0. The molecule has 0 rings (SSSR count). The van der Waals surface area contributed by atoms with Gasteiger partial charge in [-0.1, -0.05) is 298 Å². The van der Waals surface area contributed by atoms with Crippen LogP contribution in [-0.2, 0) is 65.4 Å². The van der Waals surface area contributed by atoms with Crippen molar-refractivity contribution in [2.24, 2.45) is 5.92 Å². The molecule has 0 aliphatic carbocycles. The van der Waals surface area contributed by atoms with Gasteiger partial charge >= 0.3 is 39.5 Å². The number of carbonyl (C=O) groups excluding carboxylic acids is 4. The van der Waals surface area contributed by atoms with Crippen molar-refractivity contribution < 1.29 is 80.2 Å². The van der Waals surface area contributed by atoms with Crippen molar-refractivity contribution in [3.63, 3.8) is 0 Å². The number of unbranched alkanes of at least 4 members (excludes halogenated alkanes) is 40. The molecular formula is C68H132O17P2. The Balaban J connectivity index is 5.10. The SMILES string of the molecule is CCCCCCCCCCCCCC(=O)OC[C@H](COP(=O)(O)OC[C@@H](O)COP(=O)(O)OC[C@@H](COC(=O)CCCCCCCCC)OC(=O)CCCCCCCCCC)OC(=O)CCCCCCCCCCCCCCCCCCCCC(C)C. The fourth-order valence-corrected chi connectivity index (χ4v) is 11.9. The highest BCUT2D eigenvalue weighted by Gasteiger charge is 2.30. The maximum Gasteiger partial charge on any atom is 0.472 e. The molecule has 0 aliphatic rings. The van der Waals surface area contributed by atoms with Crippen molar-refractivity contribution in [2.45, 2.75) is 368 Å². The van der Waals surface area contributed by atoms with Crippen molar-refractivity contribution >= 4 is 39.5 Å². The molecule has 516 valence electrons. The summed E-state index contributed by atoms with van der Waals surface area (Å²) in [6, 6.07) is 0.